The largest absolute Gasteiger partial charge is 0.496 e. The molecular formula is C16H22N2O4. The molecule has 120 valence electrons. The third kappa shape index (κ3) is 2.92. The summed E-state index contributed by atoms with van der Waals surface area (Å²) in [6.45, 7) is 4.18. The van der Waals surface area contributed by atoms with Crippen LogP contribution in [-0.4, -0.2) is 47.6 Å². The highest BCUT2D eigenvalue weighted by Gasteiger charge is 2.40. The van der Waals surface area contributed by atoms with Crippen LogP contribution in [0.3, 0.4) is 0 Å². The van der Waals surface area contributed by atoms with E-state index < -0.39 is 11.5 Å². The molecule has 2 rings (SSSR count). The molecule has 0 aromatic heterocycles. The first kappa shape index (κ1) is 16.3. The molecule has 2 amide bonds. The van der Waals surface area contributed by atoms with Crippen molar-refractivity contribution in [2.75, 3.05) is 20.2 Å². The summed E-state index contributed by atoms with van der Waals surface area (Å²) in [4.78, 5) is 25.5. The van der Waals surface area contributed by atoms with Crippen LogP contribution in [0, 0.1) is 13.8 Å². The fourth-order valence-electron chi connectivity index (χ4n) is 2.99. The molecule has 22 heavy (non-hydrogen) atoms. The van der Waals surface area contributed by atoms with Crippen molar-refractivity contribution in [3.8, 4) is 5.75 Å². The zero-order valence-corrected chi connectivity index (χ0v) is 13.2. The van der Waals surface area contributed by atoms with Gasteiger partial charge in [0.05, 0.1) is 13.7 Å². The summed E-state index contributed by atoms with van der Waals surface area (Å²) in [5, 5.41) is 10.2. The summed E-state index contributed by atoms with van der Waals surface area (Å²) in [7, 11) is 1.59. The normalized spacial score (nSPS) is 21.5. The van der Waals surface area contributed by atoms with Gasteiger partial charge in [-0.25, -0.2) is 0 Å². The Balaban J connectivity index is 2.27. The van der Waals surface area contributed by atoms with E-state index in [4.69, 9.17) is 10.5 Å². The summed E-state index contributed by atoms with van der Waals surface area (Å²) < 4.78 is 5.29. The number of nitrogens with zero attached hydrogens (tertiary/aromatic N) is 1. The molecule has 0 aliphatic carbocycles. The van der Waals surface area contributed by atoms with Gasteiger partial charge in [-0.15, -0.1) is 0 Å². The number of hydrogen-bond acceptors (Lipinski definition) is 4. The van der Waals surface area contributed by atoms with Gasteiger partial charge in [-0.2, -0.15) is 0 Å². The van der Waals surface area contributed by atoms with Crippen LogP contribution < -0.4 is 10.5 Å². The Morgan fingerprint density at radius 2 is 1.91 bits per heavy atom. The zero-order valence-electron chi connectivity index (χ0n) is 13.2. The van der Waals surface area contributed by atoms with Crippen LogP contribution in [-0.2, 0) is 4.79 Å². The second-order valence-corrected chi connectivity index (χ2v) is 5.87. The van der Waals surface area contributed by atoms with Crippen molar-refractivity contribution in [2.24, 2.45) is 5.73 Å². The number of nitrogens with two attached hydrogens (primary N) is 1. The van der Waals surface area contributed by atoms with Crippen LogP contribution in [0.25, 0.3) is 0 Å². The van der Waals surface area contributed by atoms with Crippen molar-refractivity contribution in [2.45, 2.75) is 32.3 Å². The third-order valence-electron chi connectivity index (χ3n) is 4.13. The molecule has 1 saturated heterocycles. The third-order valence-corrected chi connectivity index (χ3v) is 4.13. The molecule has 1 fully saturated rings. The van der Waals surface area contributed by atoms with Crippen LogP contribution in [0.4, 0.5) is 0 Å². The van der Waals surface area contributed by atoms with Crippen molar-refractivity contribution < 1.29 is 19.4 Å². The Morgan fingerprint density at radius 3 is 2.41 bits per heavy atom. The van der Waals surface area contributed by atoms with Gasteiger partial charge in [-0.05, 0) is 49.9 Å². The number of aryl methyl sites for hydroxylation is 2. The molecule has 3 N–H and O–H groups in total. The van der Waals surface area contributed by atoms with Crippen LogP contribution in [0.5, 0.6) is 5.75 Å². The Hall–Kier alpha value is -2.08. The van der Waals surface area contributed by atoms with E-state index >= 15 is 0 Å². The SMILES string of the molecule is COc1c(C)cc(C(=O)N2CCC[C@@](O)(C(N)=O)C2)cc1C. The van der Waals surface area contributed by atoms with E-state index in [1.54, 1.807) is 19.2 Å². The van der Waals surface area contributed by atoms with Gasteiger partial charge in [-0.3, -0.25) is 9.59 Å². The standard InChI is InChI=1S/C16H22N2O4/c1-10-7-12(8-11(2)13(10)22-3)14(19)18-6-4-5-16(21,9-18)15(17)20/h7-8,21H,4-6,9H2,1-3H3,(H2,17,20)/t16-/m0/s1. The molecule has 1 aromatic rings. The van der Waals surface area contributed by atoms with Crippen molar-refractivity contribution in [3.05, 3.63) is 28.8 Å². The maximum absolute atomic E-state index is 12.6. The molecule has 0 bridgehead atoms. The van der Waals surface area contributed by atoms with Gasteiger partial charge < -0.3 is 20.5 Å². The fourth-order valence-corrected chi connectivity index (χ4v) is 2.99. The Bertz CT molecular complexity index is 591. The number of aliphatic hydroxyl groups is 1. The Labute approximate surface area is 129 Å². The molecule has 1 atom stereocenters. The fraction of sp³-hybridized carbons (Fsp3) is 0.500. The number of methoxy groups -OCH3 is 1. The van der Waals surface area contributed by atoms with Crippen LogP contribution in [0.15, 0.2) is 12.1 Å². The number of ether oxygens (including phenoxy) is 1. The van der Waals surface area contributed by atoms with E-state index in [0.717, 1.165) is 16.9 Å². The lowest BCUT2D eigenvalue weighted by Gasteiger charge is -2.37. The number of carbonyl (C=O) groups excluding carboxylic acids is 2. The minimum Gasteiger partial charge on any atom is -0.496 e. The minimum absolute atomic E-state index is 0.0642. The Morgan fingerprint density at radius 1 is 1.32 bits per heavy atom. The van der Waals surface area contributed by atoms with Gasteiger partial charge in [-0.1, -0.05) is 0 Å². The van der Waals surface area contributed by atoms with Gasteiger partial charge in [0.25, 0.3) is 11.8 Å². The van der Waals surface area contributed by atoms with Gasteiger partial charge in [0.15, 0.2) is 5.60 Å². The topological polar surface area (TPSA) is 92.9 Å². The van der Waals surface area contributed by atoms with E-state index in [2.05, 4.69) is 0 Å². The van der Waals surface area contributed by atoms with Crippen LogP contribution >= 0.6 is 0 Å². The van der Waals surface area contributed by atoms with E-state index in [-0.39, 0.29) is 18.9 Å². The highest BCUT2D eigenvalue weighted by Crippen LogP contribution is 2.27. The van der Waals surface area contributed by atoms with Crippen molar-refractivity contribution in [1.29, 1.82) is 0 Å². The number of amides is 2. The summed E-state index contributed by atoms with van der Waals surface area (Å²) in [5.41, 5.74) is 5.87. The van der Waals surface area contributed by atoms with E-state index in [9.17, 15) is 14.7 Å². The number of β-amino-alcohol motifs (C(OH)–C–C–N with tert-alkyl or cyclic N) is 1. The average Bonchev–Trinajstić information content (AvgIpc) is 2.46. The number of rotatable bonds is 3. The highest BCUT2D eigenvalue weighted by molar-refractivity contribution is 5.96. The molecule has 0 unspecified atom stereocenters. The first-order chi connectivity index (χ1) is 10.3. The second kappa shape index (κ2) is 5.96. The van der Waals surface area contributed by atoms with Gasteiger partial charge in [0, 0.05) is 12.1 Å². The molecule has 6 nitrogen and oxygen atoms in total. The predicted molar refractivity (Wildman–Crippen MR) is 81.7 cm³/mol. The number of likely N-dealkylation sites (tertiary alicyclic amines) is 1. The van der Waals surface area contributed by atoms with Gasteiger partial charge in [0.1, 0.15) is 5.75 Å². The summed E-state index contributed by atoms with van der Waals surface area (Å²) in [6, 6.07) is 3.51. The van der Waals surface area contributed by atoms with E-state index in [1.165, 1.54) is 4.90 Å². The summed E-state index contributed by atoms with van der Waals surface area (Å²) >= 11 is 0. The maximum atomic E-state index is 12.6. The lowest BCUT2D eigenvalue weighted by molar-refractivity contribution is -0.140. The van der Waals surface area contributed by atoms with Crippen LogP contribution in [0.2, 0.25) is 0 Å². The summed E-state index contributed by atoms with van der Waals surface area (Å²) in [6.07, 6.45) is 0.825. The number of primary amides is 1. The monoisotopic (exact) mass is 306 g/mol. The van der Waals surface area contributed by atoms with E-state index in [0.29, 0.717) is 18.5 Å². The lowest BCUT2D eigenvalue weighted by atomic mass is 9.91. The minimum atomic E-state index is -1.63. The lowest BCUT2D eigenvalue weighted by Crippen LogP contribution is -2.57. The number of piperidine rings is 1. The second-order valence-electron chi connectivity index (χ2n) is 5.87. The number of carbonyl (C=O) groups is 2. The Kier molecular flexibility index (Phi) is 4.42. The van der Waals surface area contributed by atoms with Crippen molar-refractivity contribution in [1.82, 2.24) is 4.90 Å². The first-order valence-corrected chi connectivity index (χ1v) is 7.25. The quantitative estimate of drug-likeness (QED) is 0.862. The maximum Gasteiger partial charge on any atom is 0.253 e. The van der Waals surface area contributed by atoms with E-state index in [1.807, 2.05) is 13.8 Å². The molecular weight excluding hydrogens is 284 g/mol. The predicted octanol–water partition coefficient (Wildman–Crippen LogP) is 0.764. The summed E-state index contributed by atoms with van der Waals surface area (Å²) in [5.74, 6) is -0.246. The number of hydrogen-bond donors (Lipinski definition) is 2. The van der Waals surface area contributed by atoms with Gasteiger partial charge in [0.2, 0.25) is 0 Å². The molecule has 1 aromatic carbocycles. The average molecular weight is 306 g/mol. The molecule has 1 aliphatic heterocycles. The first-order valence-electron chi connectivity index (χ1n) is 7.25. The smallest absolute Gasteiger partial charge is 0.253 e. The molecule has 0 saturated carbocycles. The molecule has 1 heterocycles. The number of benzene rings is 1. The molecule has 1 aliphatic rings. The van der Waals surface area contributed by atoms with Crippen LogP contribution in [0.1, 0.15) is 34.3 Å². The molecule has 0 radical (unpaired) electrons. The zero-order chi connectivity index (χ0) is 16.5. The van der Waals surface area contributed by atoms with Gasteiger partial charge >= 0.3 is 0 Å². The molecule has 6 heteroatoms. The molecule has 0 spiro atoms. The van der Waals surface area contributed by atoms with Crippen molar-refractivity contribution >= 4 is 11.8 Å². The highest BCUT2D eigenvalue weighted by atomic mass is 16.5. The van der Waals surface area contributed by atoms with Crippen molar-refractivity contribution in [3.63, 3.8) is 0 Å².